The van der Waals surface area contributed by atoms with Crippen molar-refractivity contribution in [1.82, 2.24) is 14.8 Å². The number of methoxy groups -OCH3 is 1. The largest absolute Gasteiger partial charge is 0.496 e. The molecule has 2 heterocycles. The Morgan fingerprint density at radius 3 is 2.68 bits per heavy atom. The summed E-state index contributed by atoms with van der Waals surface area (Å²) in [7, 11) is 3.45. The number of hydrogen-bond donors (Lipinski definition) is 1. The number of thioether (sulfide) groups is 1. The van der Waals surface area contributed by atoms with E-state index < -0.39 is 5.97 Å². The Morgan fingerprint density at radius 2 is 2.07 bits per heavy atom. The molecular formula is C19H18ClN3O4S. The molecule has 3 rings (SSSR count). The summed E-state index contributed by atoms with van der Waals surface area (Å²) in [6.07, 6.45) is 1.60. The number of aryl methyl sites for hydroxylation is 1. The van der Waals surface area contributed by atoms with Crippen molar-refractivity contribution >= 4 is 35.4 Å². The molecule has 1 N–H and O–H groups in total. The molecule has 0 saturated carbocycles. The van der Waals surface area contributed by atoms with Crippen LogP contribution in [0.5, 0.6) is 5.75 Å². The van der Waals surface area contributed by atoms with Crippen molar-refractivity contribution in [3.8, 4) is 17.2 Å². The number of benzene rings is 1. The zero-order valence-electron chi connectivity index (χ0n) is 15.7. The van der Waals surface area contributed by atoms with E-state index in [0.29, 0.717) is 16.3 Å². The molecule has 1 aromatic carbocycles. The standard InChI is InChI=1S/C19H18ClN3O4S/c1-10-7-12(11(2)23(10)3)8-16(18(24)25)28-19-22-21-17(27-19)14-9-13(20)5-6-15(14)26-4/h5-9H,1-4H3,(H,24,25)/b16-8-. The number of carboxylic acids is 1. The summed E-state index contributed by atoms with van der Waals surface area (Å²) in [5.74, 6) is -0.363. The number of carboxylic acid groups (broad SMARTS) is 1. The van der Waals surface area contributed by atoms with Crippen molar-refractivity contribution in [3.05, 3.63) is 51.1 Å². The lowest BCUT2D eigenvalue weighted by Gasteiger charge is -2.04. The topological polar surface area (TPSA) is 90.4 Å². The van der Waals surface area contributed by atoms with Crippen molar-refractivity contribution in [2.45, 2.75) is 19.1 Å². The summed E-state index contributed by atoms with van der Waals surface area (Å²) in [5.41, 5.74) is 3.35. The molecule has 0 radical (unpaired) electrons. The van der Waals surface area contributed by atoms with Gasteiger partial charge in [0.25, 0.3) is 11.1 Å². The number of nitrogens with zero attached hydrogens (tertiary/aromatic N) is 3. The molecule has 0 aliphatic carbocycles. The lowest BCUT2D eigenvalue weighted by atomic mass is 10.2. The second kappa shape index (κ2) is 8.12. The third-order valence-electron chi connectivity index (χ3n) is 4.31. The van der Waals surface area contributed by atoms with Gasteiger partial charge >= 0.3 is 5.97 Å². The van der Waals surface area contributed by atoms with Crippen LogP contribution >= 0.6 is 23.4 Å². The van der Waals surface area contributed by atoms with E-state index in [1.54, 1.807) is 24.3 Å². The number of aliphatic carboxylic acids is 1. The third-order valence-corrected chi connectivity index (χ3v) is 5.39. The minimum Gasteiger partial charge on any atom is -0.496 e. The first-order chi connectivity index (χ1) is 13.3. The predicted molar refractivity (Wildman–Crippen MR) is 108 cm³/mol. The normalized spacial score (nSPS) is 11.7. The summed E-state index contributed by atoms with van der Waals surface area (Å²) < 4.78 is 12.9. The van der Waals surface area contributed by atoms with Crippen molar-refractivity contribution in [1.29, 1.82) is 0 Å². The van der Waals surface area contributed by atoms with Crippen LogP contribution in [0, 0.1) is 13.8 Å². The van der Waals surface area contributed by atoms with Crippen LogP contribution in [0.25, 0.3) is 17.5 Å². The lowest BCUT2D eigenvalue weighted by Crippen LogP contribution is -1.97. The van der Waals surface area contributed by atoms with Gasteiger partial charge in [0.15, 0.2) is 0 Å². The first-order valence-corrected chi connectivity index (χ1v) is 9.42. The van der Waals surface area contributed by atoms with Crippen molar-refractivity contribution < 1.29 is 19.1 Å². The molecule has 3 aromatic rings. The molecule has 7 nitrogen and oxygen atoms in total. The molecule has 0 aliphatic rings. The van der Waals surface area contributed by atoms with Gasteiger partial charge in [0.2, 0.25) is 0 Å². The molecule has 2 aromatic heterocycles. The minimum absolute atomic E-state index is 0.0713. The van der Waals surface area contributed by atoms with Gasteiger partial charge in [-0.1, -0.05) is 11.6 Å². The van der Waals surface area contributed by atoms with Crippen LogP contribution in [0.15, 0.2) is 38.8 Å². The number of halogens is 1. The van der Waals surface area contributed by atoms with Crippen LogP contribution in [0.1, 0.15) is 17.0 Å². The molecule has 0 spiro atoms. The van der Waals surface area contributed by atoms with Crippen molar-refractivity contribution in [3.63, 3.8) is 0 Å². The van der Waals surface area contributed by atoms with E-state index in [4.69, 9.17) is 20.8 Å². The molecule has 0 unspecified atom stereocenters. The SMILES string of the molecule is COc1ccc(Cl)cc1-c1nnc(S/C(=C\c2cc(C)n(C)c2C)C(=O)O)o1. The Labute approximate surface area is 171 Å². The highest BCUT2D eigenvalue weighted by molar-refractivity contribution is 8.03. The van der Waals surface area contributed by atoms with Gasteiger partial charge in [0.05, 0.1) is 12.7 Å². The van der Waals surface area contributed by atoms with Crippen LogP contribution in [0.2, 0.25) is 5.02 Å². The van der Waals surface area contributed by atoms with Crippen LogP contribution in [0.4, 0.5) is 0 Å². The second-order valence-corrected chi connectivity index (χ2v) is 7.45. The Bertz CT molecular complexity index is 1070. The van der Waals surface area contributed by atoms with E-state index in [2.05, 4.69) is 10.2 Å². The number of carbonyl (C=O) groups is 1. The fourth-order valence-electron chi connectivity index (χ4n) is 2.61. The average Bonchev–Trinajstić information content (AvgIpc) is 3.22. The smallest absolute Gasteiger partial charge is 0.342 e. The summed E-state index contributed by atoms with van der Waals surface area (Å²) in [4.78, 5) is 11.8. The Kier molecular flexibility index (Phi) is 5.81. The molecule has 0 saturated heterocycles. The van der Waals surface area contributed by atoms with Gasteiger partial charge < -0.3 is 18.8 Å². The monoisotopic (exact) mass is 419 g/mol. The zero-order chi connectivity index (χ0) is 20.4. The highest BCUT2D eigenvalue weighted by Crippen LogP contribution is 2.35. The van der Waals surface area contributed by atoms with Gasteiger partial charge in [-0.2, -0.15) is 0 Å². The third kappa shape index (κ3) is 4.07. The maximum Gasteiger partial charge on any atom is 0.342 e. The molecule has 0 amide bonds. The molecular weight excluding hydrogens is 402 g/mol. The Balaban J connectivity index is 1.92. The molecule has 28 heavy (non-hydrogen) atoms. The van der Waals surface area contributed by atoms with Gasteiger partial charge in [-0.15, -0.1) is 10.2 Å². The second-order valence-electron chi connectivity index (χ2n) is 6.02. The zero-order valence-corrected chi connectivity index (χ0v) is 17.3. The summed E-state index contributed by atoms with van der Waals surface area (Å²) in [6.45, 7) is 3.89. The van der Waals surface area contributed by atoms with E-state index >= 15 is 0 Å². The summed E-state index contributed by atoms with van der Waals surface area (Å²) >= 11 is 6.92. The number of hydrogen-bond acceptors (Lipinski definition) is 6. The highest BCUT2D eigenvalue weighted by Gasteiger charge is 2.19. The molecule has 0 bridgehead atoms. The predicted octanol–water partition coefficient (Wildman–Crippen LogP) is 4.57. The fourth-order valence-corrected chi connectivity index (χ4v) is 3.44. The maximum atomic E-state index is 11.7. The van der Waals surface area contributed by atoms with Gasteiger partial charge in [0, 0.05) is 23.5 Å². The number of aromatic nitrogens is 3. The van der Waals surface area contributed by atoms with E-state index in [0.717, 1.165) is 28.7 Å². The fraction of sp³-hybridized carbons (Fsp3) is 0.211. The van der Waals surface area contributed by atoms with Crippen molar-refractivity contribution in [2.24, 2.45) is 7.05 Å². The maximum absolute atomic E-state index is 11.7. The van der Waals surface area contributed by atoms with E-state index in [-0.39, 0.29) is 16.0 Å². The highest BCUT2D eigenvalue weighted by atomic mass is 35.5. The molecule has 146 valence electrons. The minimum atomic E-state index is -1.08. The van der Waals surface area contributed by atoms with E-state index in [1.807, 2.05) is 31.5 Å². The average molecular weight is 420 g/mol. The van der Waals surface area contributed by atoms with Crippen LogP contribution in [-0.2, 0) is 11.8 Å². The lowest BCUT2D eigenvalue weighted by molar-refractivity contribution is -0.131. The van der Waals surface area contributed by atoms with E-state index in [9.17, 15) is 9.90 Å². The number of rotatable bonds is 6. The number of ether oxygens (including phenoxy) is 1. The summed E-state index contributed by atoms with van der Waals surface area (Å²) in [6, 6.07) is 6.95. The van der Waals surface area contributed by atoms with Gasteiger partial charge in [0.1, 0.15) is 10.7 Å². The molecule has 0 atom stereocenters. The first-order valence-electron chi connectivity index (χ1n) is 8.23. The van der Waals surface area contributed by atoms with Crippen LogP contribution in [-0.4, -0.2) is 33.0 Å². The molecule has 0 aliphatic heterocycles. The van der Waals surface area contributed by atoms with Gasteiger partial charge in [-0.25, -0.2) is 4.79 Å². The first kappa shape index (κ1) is 20.0. The molecule has 9 heteroatoms. The van der Waals surface area contributed by atoms with Crippen LogP contribution < -0.4 is 4.74 Å². The summed E-state index contributed by atoms with van der Waals surface area (Å²) in [5, 5.41) is 18.1. The Morgan fingerprint density at radius 1 is 1.32 bits per heavy atom. The van der Waals surface area contributed by atoms with Crippen molar-refractivity contribution in [2.75, 3.05) is 7.11 Å². The quantitative estimate of drug-likeness (QED) is 0.462. The van der Waals surface area contributed by atoms with Crippen LogP contribution in [0.3, 0.4) is 0 Å². The Hall–Kier alpha value is -2.71. The van der Waals surface area contributed by atoms with E-state index in [1.165, 1.54) is 7.11 Å². The molecule has 0 fully saturated rings. The van der Waals surface area contributed by atoms with Gasteiger partial charge in [-0.05, 0) is 61.5 Å². The van der Waals surface area contributed by atoms with Gasteiger partial charge in [-0.3, -0.25) is 0 Å².